The minimum Gasteiger partial charge on any atom is -0.218 e. The molecule has 0 aliphatic carbocycles. The van der Waals surface area contributed by atoms with E-state index in [2.05, 4.69) is 96.9 Å². The number of rotatable bonds is 2. The van der Waals surface area contributed by atoms with E-state index in [1.54, 1.807) is 0 Å². The summed E-state index contributed by atoms with van der Waals surface area (Å²) in [6, 6.07) is 0. The van der Waals surface area contributed by atoms with Crippen LogP contribution in [0.15, 0.2) is 9.79 Å². The van der Waals surface area contributed by atoms with Gasteiger partial charge in [0.15, 0.2) is 0 Å². The Morgan fingerprint density at radius 3 is 0.571 bits per heavy atom. The summed E-state index contributed by atoms with van der Waals surface area (Å²) in [5.74, 6) is 0. The largest absolute Gasteiger partial charge is 0.218 e. The lowest BCUT2D eigenvalue weighted by molar-refractivity contribution is 0.593. The van der Waals surface area contributed by atoms with Crippen LogP contribution in [0, 0.1) is 125 Å². The molecule has 0 heterocycles. The summed E-state index contributed by atoms with van der Waals surface area (Å²) < 4.78 is 30.9. The maximum atomic E-state index is 15.5. The van der Waals surface area contributed by atoms with Crippen molar-refractivity contribution in [3.05, 3.63) is 100 Å². The quantitative estimate of drug-likeness (QED) is 0.172. The molecule has 6 aromatic rings. The Morgan fingerprint density at radius 2 is 0.367 bits per heavy atom. The third-order valence-corrected chi connectivity index (χ3v) is 15.7. The zero-order chi connectivity index (χ0) is 36.7. The molecule has 0 fully saturated rings. The Balaban J connectivity index is 1.82. The van der Waals surface area contributed by atoms with Crippen LogP contribution in [0.1, 0.15) is 100 Å². The predicted octanol–water partition coefficient (Wildman–Crippen LogP) is 12.7. The number of hydrogen-bond acceptors (Lipinski definition) is 2. The van der Waals surface area contributed by atoms with Crippen LogP contribution in [-0.2, 0) is 9.84 Å². The average molecular weight is 671 g/mol. The summed E-state index contributed by atoms with van der Waals surface area (Å²) in [5, 5.41) is 9.72. The molecule has 0 atom stereocenters. The third kappa shape index (κ3) is 4.27. The highest BCUT2D eigenvalue weighted by molar-refractivity contribution is 7.91. The van der Waals surface area contributed by atoms with Crippen molar-refractivity contribution in [1.82, 2.24) is 0 Å². The van der Waals surface area contributed by atoms with Gasteiger partial charge in [-0.2, -0.15) is 0 Å². The maximum absolute atomic E-state index is 15.5. The van der Waals surface area contributed by atoms with E-state index in [1.807, 2.05) is 27.7 Å². The molecule has 0 aromatic heterocycles. The van der Waals surface area contributed by atoms with Crippen molar-refractivity contribution in [2.24, 2.45) is 0 Å². The Morgan fingerprint density at radius 1 is 0.204 bits per heavy atom. The average Bonchev–Trinajstić information content (AvgIpc) is 3.03. The number of benzene rings is 6. The maximum Gasteiger partial charge on any atom is 0.207 e. The summed E-state index contributed by atoms with van der Waals surface area (Å²) in [6.45, 7) is 39.0. The molecule has 0 aliphatic rings. The van der Waals surface area contributed by atoms with Gasteiger partial charge in [-0.15, -0.1) is 0 Å². The van der Waals surface area contributed by atoms with E-state index >= 15 is 8.42 Å². The van der Waals surface area contributed by atoms with Gasteiger partial charge < -0.3 is 0 Å². The monoisotopic (exact) mass is 670 g/mol. The summed E-state index contributed by atoms with van der Waals surface area (Å²) >= 11 is 0. The number of fused-ring (bicyclic) bond motifs is 4. The number of aryl methyl sites for hydroxylation is 12. The van der Waals surface area contributed by atoms with Crippen LogP contribution in [0.2, 0.25) is 0 Å². The van der Waals surface area contributed by atoms with E-state index in [1.165, 1.54) is 99.1 Å². The van der Waals surface area contributed by atoms with Crippen molar-refractivity contribution < 1.29 is 8.42 Å². The number of hydrogen-bond donors (Lipinski definition) is 0. The smallest absolute Gasteiger partial charge is 0.207 e. The Labute approximate surface area is 294 Å². The van der Waals surface area contributed by atoms with Crippen molar-refractivity contribution in [1.29, 1.82) is 0 Å². The molecular weight excluding hydrogens is 617 g/mol. The van der Waals surface area contributed by atoms with Gasteiger partial charge in [0.05, 0.1) is 9.79 Å². The first-order valence-corrected chi connectivity index (χ1v) is 19.2. The second-order valence-corrected chi connectivity index (χ2v) is 17.2. The zero-order valence-electron chi connectivity index (χ0n) is 33.2. The molecule has 3 heteroatoms. The van der Waals surface area contributed by atoms with Crippen LogP contribution in [0.3, 0.4) is 0 Å². The van der Waals surface area contributed by atoms with E-state index in [-0.39, 0.29) is 0 Å². The first-order valence-electron chi connectivity index (χ1n) is 17.7. The van der Waals surface area contributed by atoms with E-state index < -0.39 is 9.84 Å². The molecule has 49 heavy (non-hydrogen) atoms. The van der Waals surface area contributed by atoms with Gasteiger partial charge >= 0.3 is 0 Å². The predicted molar refractivity (Wildman–Crippen MR) is 214 cm³/mol. The van der Waals surface area contributed by atoms with Crippen LogP contribution < -0.4 is 0 Å². The molecule has 0 aliphatic heterocycles. The molecule has 0 saturated carbocycles. The molecule has 0 bridgehead atoms. The highest BCUT2D eigenvalue weighted by Gasteiger charge is 2.33. The zero-order valence-corrected chi connectivity index (χ0v) is 34.0. The van der Waals surface area contributed by atoms with E-state index in [9.17, 15) is 0 Å². The van der Waals surface area contributed by atoms with Crippen LogP contribution in [0.25, 0.3) is 43.1 Å². The van der Waals surface area contributed by atoms with Gasteiger partial charge in [-0.3, -0.25) is 0 Å². The number of sulfone groups is 1. The Bertz CT molecular complexity index is 2480. The summed E-state index contributed by atoms with van der Waals surface area (Å²) in [6.07, 6.45) is 0. The minimum absolute atomic E-state index is 0.469. The molecule has 2 nitrogen and oxygen atoms in total. The highest BCUT2D eigenvalue weighted by atomic mass is 32.2. The second kappa shape index (κ2) is 11.2. The van der Waals surface area contributed by atoms with Gasteiger partial charge in [-0.05, 0) is 268 Å². The molecule has 0 unspecified atom stereocenters. The van der Waals surface area contributed by atoms with Crippen LogP contribution in [-0.4, -0.2) is 8.42 Å². The first-order chi connectivity index (χ1) is 22.6. The lowest BCUT2D eigenvalue weighted by Crippen LogP contribution is -2.14. The van der Waals surface area contributed by atoms with Crippen molar-refractivity contribution >= 4 is 52.9 Å². The second-order valence-electron chi connectivity index (χ2n) is 15.4. The lowest BCUT2D eigenvalue weighted by atomic mass is 9.81. The lowest BCUT2D eigenvalue weighted by Gasteiger charge is -2.27. The molecule has 0 radical (unpaired) electrons. The van der Waals surface area contributed by atoms with Gasteiger partial charge in [0.1, 0.15) is 0 Å². The molecule has 0 saturated heterocycles. The van der Waals surface area contributed by atoms with E-state index in [0.717, 1.165) is 44.2 Å². The van der Waals surface area contributed by atoms with Crippen LogP contribution in [0.5, 0.6) is 0 Å². The summed E-state index contributed by atoms with van der Waals surface area (Å²) in [4.78, 5) is 0.937. The first kappa shape index (κ1) is 35.1. The van der Waals surface area contributed by atoms with E-state index in [4.69, 9.17) is 0 Å². The van der Waals surface area contributed by atoms with Crippen LogP contribution in [0.4, 0.5) is 0 Å². The van der Waals surface area contributed by atoms with Gasteiger partial charge in [0, 0.05) is 0 Å². The van der Waals surface area contributed by atoms with Crippen molar-refractivity contribution in [2.45, 2.75) is 134 Å². The summed E-state index contributed by atoms with van der Waals surface area (Å²) in [5.41, 5.74) is 20.9. The highest BCUT2D eigenvalue weighted by Crippen LogP contribution is 2.48. The van der Waals surface area contributed by atoms with Crippen molar-refractivity contribution in [3.8, 4) is 0 Å². The molecule has 0 spiro atoms. The van der Waals surface area contributed by atoms with Gasteiger partial charge in [0.25, 0.3) is 0 Å². The SMILES string of the molecule is Cc1c(C)c(C)c2c(C)c3c(C)c(S(=O)(=O)c4c(C)c(C)c5c(C)c6c(C)c(C)c(C)c(C)c6c(C)c5c4C)c(C)c(C)c3c(C)c2c1C. The molecular formula is C46H54O2S. The summed E-state index contributed by atoms with van der Waals surface area (Å²) in [7, 11) is -3.92. The topological polar surface area (TPSA) is 34.1 Å². The van der Waals surface area contributed by atoms with E-state index in [0.29, 0.717) is 9.79 Å². The molecule has 0 N–H and O–H groups in total. The fourth-order valence-electron chi connectivity index (χ4n) is 10.0. The van der Waals surface area contributed by atoms with Crippen LogP contribution >= 0.6 is 0 Å². The standard InChI is InChI=1S/C46H54O2S/c1-19-21(3)25(7)39-33(15)43-35(17)45(29(11)27(9)41(43)31(13)37(39)23(19)5)49(47,48)46-30(12)28(10)42-32(14)38-24(6)20(2)22(4)26(8)40(38)34(16)44(42)36(46)18/h1-18H3. The normalized spacial score (nSPS) is 12.4. The molecule has 0 amide bonds. The molecule has 6 rings (SSSR count). The van der Waals surface area contributed by atoms with Gasteiger partial charge in [0.2, 0.25) is 9.84 Å². The molecule has 256 valence electrons. The van der Waals surface area contributed by atoms with Gasteiger partial charge in [-0.25, -0.2) is 8.42 Å². The van der Waals surface area contributed by atoms with Crippen molar-refractivity contribution in [2.75, 3.05) is 0 Å². The van der Waals surface area contributed by atoms with Gasteiger partial charge in [-0.1, -0.05) is 0 Å². The fourth-order valence-corrected chi connectivity index (χ4v) is 12.4. The molecule has 6 aromatic carbocycles. The fraction of sp³-hybridized carbons (Fsp3) is 0.391. The van der Waals surface area contributed by atoms with Crippen molar-refractivity contribution in [3.63, 3.8) is 0 Å². The Hall–Kier alpha value is -3.69. The minimum atomic E-state index is -3.92. The third-order valence-electron chi connectivity index (χ3n) is 13.4. The Kier molecular flexibility index (Phi) is 8.00.